The van der Waals surface area contributed by atoms with Crippen LogP contribution in [-0.4, -0.2) is 67.1 Å². The molecule has 3 heterocycles. The lowest BCUT2D eigenvalue weighted by Gasteiger charge is -2.18. The van der Waals surface area contributed by atoms with Crippen LogP contribution in [0.5, 0.6) is 11.5 Å². The molecule has 9 heteroatoms. The van der Waals surface area contributed by atoms with Crippen LogP contribution in [0.4, 0.5) is 5.95 Å². The van der Waals surface area contributed by atoms with Gasteiger partial charge in [0.25, 0.3) is 5.91 Å². The number of carbonyl (C=O) groups excluding carboxylic acids is 1. The average molecular weight is 463 g/mol. The molecule has 9 nitrogen and oxygen atoms in total. The molecule has 0 radical (unpaired) electrons. The van der Waals surface area contributed by atoms with Gasteiger partial charge in [-0.2, -0.15) is 0 Å². The van der Waals surface area contributed by atoms with Gasteiger partial charge in [-0.3, -0.25) is 4.79 Å². The molecule has 4 atom stereocenters. The quantitative estimate of drug-likeness (QED) is 0.526. The minimum Gasteiger partial charge on any atom is -0.496 e. The second-order valence-electron chi connectivity index (χ2n) is 8.09. The fourth-order valence-corrected chi connectivity index (χ4v) is 4.26. The van der Waals surface area contributed by atoms with Crippen molar-refractivity contribution < 1.29 is 23.7 Å². The Morgan fingerprint density at radius 1 is 1.00 bits per heavy atom. The minimum atomic E-state index is -0.254. The number of aromatic nitrogens is 2. The summed E-state index contributed by atoms with van der Waals surface area (Å²) in [6.07, 6.45) is 1.23. The molecule has 2 fully saturated rings. The van der Waals surface area contributed by atoms with Gasteiger partial charge in [0.15, 0.2) is 6.61 Å². The zero-order chi connectivity index (χ0) is 23.3. The van der Waals surface area contributed by atoms with Gasteiger partial charge in [-0.05, 0) is 30.3 Å². The molecule has 2 saturated heterocycles. The van der Waals surface area contributed by atoms with Crippen LogP contribution in [0.1, 0.15) is 0 Å². The van der Waals surface area contributed by atoms with E-state index in [2.05, 4.69) is 20.6 Å². The Morgan fingerprint density at radius 2 is 1.74 bits per heavy atom. The van der Waals surface area contributed by atoms with E-state index in [0.29, 0.717) is 24.9 Å². The van der Waals surface area contributed by atoms with Gasteiger partial charge in [-0.1, -0.05) is 30.3 Å². The first-order valence-corrected chi connectivity index (χ1v) is 11.1. The number of methoxy groups -OCH3 is 1. The smallest absolute Gasteiger partial charge is 0.258 e. The number of benzene rings is 2. The molecule has 2 N–H and O–H groups in total. The molecule has 1 amide bonds. The number of rotatable bonds is 8. The van der Waals surface area contributed by atoms with E-state index in [0.717, 1.165) is 17.0 Å². The molecule has 0 bridgehead atoms. The van der Waals surface area contributed by atoms with Crippen LogP contribution in [0.2, 0.25) is 0 Å². The van der Waals surface area contributed by atoms with Crippen molar-refractivity contribution in [1.29, 1.82) is 0 Å². The maximum Gasteiger partial charge on any atom is 0.258 e. The van der Waals surface area contributed by atoms with Crippen molar-refractivity contribution >= 4 is 11.9 Å². The van der Waals surface area contributed by atoms with Crippen LogP contribution in [0.25, 0.3) is 11.3 Å². The molecule has 2 aromatic carbocycles. The monoisotopic (exact) mass is 462 g/mol. The normalized spacial score (nSPS) is 23.2. The summed E-state index contributed by atoms with van der Waals surface area (Å²) in [6.45, 7) is 0.723. The highest BCUT2D eigenvalue weighted by molar-refractivity contribution is 5.78. The van der Waals surface area contributed by atoms with Gasteiger partial charge in [0.05, 0.1) is 38.1 Å². The lowest BCUT2D eigenvalue weighted by Crippen LogP contribution is -2.46. The molecule has 3 aromatic rings. The summed E-state index contributed by atoms with van der Waals surface area (Å²) < 4.78 is 22.9. The molecule has 176 valence electrons. The van der Waals surface area contributed by atoms with Gasteiger partial charge in [0.2, 0.25) is 5.95 Å². The summed E-state index contributed by atoms with van der Waals surface area (Å²) in [5.41, 5.74) is 1.63. The van der Waals surface area contributed by atoms with Gasteiger partial charge in [0, 0.05) is 11.8 Å². The van der Waals surface area contributed by atoms with Crippen molar-refractivity contribution in [1.82, 2.24) is 15.3 Å². The van der Waals surface area contributed by atoms with E-state index in [4.69, 9.17) is 18.9 Å². The number of hydrogen-bond donors (Lipinski definition) is 2. The molecule has 5 rings (SSSR count). The van der Waals surface area contributed by atoms with E-state index in [9.17, 15) is 4.79 Å². The second kappa shape index (κ2) is 10.1. The molecule has 2 aliphatic rings. The predicted octanol–water partition coefficient (Wildman–Crippen LogP) is 2.29. The van der Waals surface area contributed by atoms with Crippen LogP contribution in [0.15, 0.2) is 66.9 Å². The highest BCUT2D eigenvalue weighted by Gasteiger charge is 2.48. The molecule has 0 unspecified atom stereocenters. The Labute approximate surface area is 197 Å². The first-order valence-electron chi connectivity index (χ1n) is 11.1. The zero-order valence-corrected chi connectivity index (χ0v) is 18.7. The number of fused-ring (bicyclic) bond motifs is 1. The average Bonchev–Trinajstić information content (AvgIpc) is 3.47. The fourth-order valence-electron chi connectivity index (χ4n) is 4.26. The third-order valence-corrected chi connectivity index (χ3v) is 5.87. The largest absolute Gasteiger partial charge is 0.496 e. The summed E-state index contributed by atoms with van der Waals surface area (Å²) in [5.74, 6) is 1.65. The number of hydrogen-bond acceptors (Lipinski definition) is 8. The first-order chi connectivity index (χ1) is 16.7. The predicted molar refractivity (Wildman–Crippen MR) is 125 cm³/mol. The number of para-hydroxylation sites is 2. The van der Waals surface area contributed by atoms with Crippen LogP contribution in [0, 0.1) is 0 Å². The van der Waals surface area contributed by atoms with Gasteiger partial charge >= 0.3 is 0 Å². The maximum absolute atomic E-state index is 12.4. The van der Waals surface area contributed by atoms with Crippen molar-refractivity contribution in [3.05, 3.63) is 66.9 Å². The Hall–Kier alpha value is -3.69. The van der Waals surface area contributed by atoms with Crippen molar-refractivity contribution in [2.24, 2.45) is 0 Å². The number of nitrogens with zero attached hydrogens (tertiary/aromatic N) is 2. The van der Waals surface area contributed by atoms with Crippen molar-refractivity contribution in [3.63, 3.8) is 0 Å². The minimum absolute atomic E-state index is 0.0663. The Balaban J connectivity index is 1.18. The second-order valence-corrected chi connectivity index (χ2v) is 8.09. The maximum atomic E-state index is 12.4. The number of nitrogens with one attached hydrogen (secondary N) is 2. The van der Waals surface area contributed by atoms with Crippen LogP contribution in [0.3, 0.4) is 0 Å². The van der Waals surface area contributed by atoms with E-state index in [1.165, 1.54) is 0 Å². The number of amides is 1. The molecule has 0 saturated carbocycles. The Kier molecular flexibility index (Phi) is 6.55. The van der Waals surface area contributed by atoms with Gasteiger partial charge in [0.1, 0.15) is 23.7 Å². The lowest BCUT2D eigenvalue weighted by molar-refractivity contribution is -0.124. The molecule has 0 aliphatic carbocycles. The van der Waals surface area contributed by atoms with Gasteiger partial charge in [-0.15, -0.1) is 0 Å². The Morgan fingerprint density at radius 3 is 2.56 bits per heavy atom. The lowest BCUT2D eigenvalue weighted by atomic mass is 10.1. The summed E-state index contributed by atoms with van der Waals surface area (Å²) in [4.78, 5) is 21.4. The third-order valence-electron chi connectivity index (χ3n) is 5.87. The number of carbonyl (C=O) groups is 1. The molecule has 34 heavy (non-hydrogen) atoms. The van der Waals surface area contributed by atoms with Crippen LogP contribution < -0.4 is 20.1 Å². The standard InChI is InChI=1S/C25H26N4O5/c1-31-21-10-6-5-9-17(21)18-11-12-26-25(28-18)29-20-14-34-23-19(13-33-24(20)23)27-22(30)15-32-16-7-3-2-4-8-16/h2-12,19-20,23-24H,13-15H2,1H3,(H,27,30)(H,26,28,29)/t19-,20-,23+,24+/m0/s1. The van der Waals surface area contributed by atoms with Crippen molar-refractivity contribution in [2.75, 3.05) is 32.2 Å². The van der Waals surface area contributed by atoms with E-state index in [1.54, 1.807) is 13.3 Å². The van der Waals surface area contributed by atoms with E-state index >= 15 is 0 Å². The fraction of sp³-hybridized carbons (Fsp3) is 0.320. The Bertz CT molecular complexity index is 1130. The number of ether oxygens (including phenoxy) is 4. The summed E-state index contributed by atoms with van der Waals surface area (Å²) in [6, 6.07) is 18.4. The van der Waals surface area contributed by atoms with E-state index in [-0.39, 0.29) is 36.8 Å². The van der Waals surface area contributed by atoms with Gasteiger partial charge in [-0.25, -0.2) is 9.97 Å². The highest BCUT2D eigenvalue weighted by atomic mass is 16.6. The third kappa shape index (κ3) is 4.80. The molecule has 1 aromatic heterocycles. The van der Waals surface area contributed by atoms with Crippen LogP contribution in [-0.2, 0) is 14.3 Å². The molecule has 0 spiro atoms. The summed E-state index contributed by atoms with van der Waals surface area (Å²) in [5, 5.41) is 6.29. The SMILES string of the molecule is COc1ccccc1-c1ccnc(N[C@H]2CO[C@H]3[C@@H]2OC[C@@H]3NC(=O)COc2ccccc2)n1. The summed E-state index contributed by atoms with van der Waals surface area (Å²) in [7, 11) is 1.63. The van der Waals surface area contributed by atoms with Gasteiger partial charge < -0.3 is 29.6 Å². The first kappa shape index (κ1) is 22.1. The van der Waals surface area contributed by atoms with E-state index < -0.39 is 0 Å². The summed E-state index contributed by atoms with van der Waals surface area (Å²) >= 11 is 0. The zero-order valence-electron chi connectivity index (χ0n) is 18.7. The molecular weight excluding hydrogens is 436 g/mol. The van der Waals surface area contributed by atoms with Crippen molar-refractivity contribution in [3.8, 4) is 22.8 Å². The van der Waals surface area contributed by atoms with Crippen molar-refractivity contribution in [2.45, 2.75) is 24.3 Å². The number of anilines is 1. The van der Waals surface area contributed by atoms with E-state index in [1.807, 2.05) is 60.7 Å². The highest BCUT2D eigenvalue weighted by Crippen LogP contribution is 2.30. The molecular formula is C25H26N4O5. The molecule has 2 aliphatic heterocycles. The van der Waals surface area contributed by atoms with Crippen LogP contribution >= 0.6 is 0 Å². The topological polar surface area (TPSA) is 104 Å².